The largest absolute Gasteiger partial charge is 0.476 e. The van der Waals surface area contributed by atoms with E-state index in [4.69, 9.17) is 10.4 Å². The van der Waals surface area contributed by atoms with Crippen LogP contribution in [0, 0.1) is 11.3 Å². The second-order valence-corrected chi connectivity index (χ2v) is 6.99. The Balaban J connectivity index is 2.36. The molecule has 1 heterocycles. The molecular weight excluding hydrogens is 290 g/mol. The van der Waals surface area contributed by atoms with E-state index in [1.165, 1.54) is 9.82 Å². The summed E-state index contributed by atoms with van der Waals surface area (Å²) in [6, 6.07) is 1.78. The lowest BCUT2D eigenvalue weighted by atomic mass is 10.4. The van der Waals surface area contributed by atoms with Crippen molar-refractivity contribution in [2.75, 3.05) is 6.54 Å². The van der Waals surface area contributed by atoms with Crippen molar-refractivity contribution >= 4 is 27.3 Å². The second-order valence-electron chi connectivity index (χ2n) is 4.05. The Hall–Kier alpha value is -1.50. The molecule has 0 radical (unpaired) electrons. The molecule has 19 heavy (non-hydrogen) atoms. The maximum absolute atomic E-state index is 12.4. The maximum Gasteiger partial charge on any atom is 0.356 e. The van der Waals surface area contributed by atoms with Crippen LogP contribution in [-0.2, 0) is 10.0 Å². The summed E-state index contributed by atoms with van der Waals surface area (Å²) < 4.78 is 25.8. The predicted octanol–water partition coefficient (Wildman–Crippen LogP) is 0.908. The molecule has 1 aliphatic carbocycles. The summed E-state index contributed by atoms with van der Waals surface area (Å²) in [5.41, 5.74) is 0.749. The summed E-state index contributed by atoms with van der Waals surface area (Å²) in [6.07, 6.45) is 1.56. The van der Waals surface area contributed by atoms with E-state index in [1.54, 1.807) is 0 Å². The number of carboxylic acids is 1. The molecule has 0 spiro atoms. The molecular formula is C10H11N3O4S2. The zero-order chi connectivity index (χ0) is 14.0. The molecule has 1 aromatic heterocycles. The van der Waals surface area contributed by atoms with Crippen LogP contribution in [0.1, 0.15) is 29.8 Å². The highest BCUT2D eigenvalue weighted by molar-refractivity contribution is 7.91. The van der Waals surface area contributed by atoms with Crippen LogP contribution in [0.15, 0.2) is 9.72 Å². The van der Waals surface area contributed by atoms with Crippen molar-refractivity contribution in [3.05, 3.63) is 11.2 Å². The van der Waals surface area contributed by atoms with Gasteiger partial charge < -0.3 is 5.11 Å². The molecule has 1 fully saturated rings. The van der Waals surface area contributed by atoms with Crippen LogP contribution in [0.5, 0.6) is 0 Å². The number of carboxylic acid groups (broad SMARTS) is 1. The molecule has 1 aliphatic rings. The van der Waals surface area contributed by atoms with E-state index in [0.717, 1.165) is 24.2 Å². The predicted molar refractivity (Wildman–Crippen MR) is 66.2 cm³/mol. The van der Waals surface area contributed by atoms with Gasteiger partial charge in [0.15, 0.2) is 9.90 Å². The molecule has 0 aromatic carbocycles. The zero-order valence-corrected chi connectivity index (χ0v) is 11.4. The lowest BCUT2D eigenvalue weighted by molar-refractivity contribution is 0.0687. The SMILES string of the molecule is N#CCCN(C1CC1)S(=O)(=O)c1scnc1C(=O)O. The standard InChI is InChI=1S/C10H11N3O4S2/c11-4-1-5-13(7-2-3-7)19(16,17)10-8(9(14)15)12-6-18-10/h6-7H,1-3,5H2,(H,14,15). The first-order chi connectivity index (χ1) is 8.98. The molecule has 1 saturated carbocycles. The number of carbonyl (C=O) groups is 1. The van der Waals surface area contributed by atoms with Gasteiger partial charge in [0.25, 0.3) is 10.0 Å². The van der Waals surface area contributed by atoms with Crippen molar-refractivity contribution in [2.24, 2.45) is 0 Å². The summed E-state index contributed by atoms with van der Waals surface area (Å²) in [6.45, 7) is 0.0838. The van der Waals surface area contributed by atoms with Crippen LogP contribution in [0.4, 0.5) is 0 Å². The Morgan fingerprint density at radius 2 is 2.32 bits per heavy atom. The van der Waals surface area contributed by atoms with E-state index in [-0.39, 0.29) is 23.2 Å². The number of nitriles is 1. The molecule has 0 unspecified atom stereocenters. The number of rotatable bonds is 6. The lowest BCUT2D eigenvalue weighted by Crippen LogP contribution is -2.34. The van der Waals surface area contributed by atoms with Crippen LogP contribution < -0.4 is 0 Å². The Morgan fingerprint density at radius 1 is 1.63 bits per heavy atom. The van der Waals surface area contributed by atoms with Crippen LogP contribution in [0.3, 0.4) is 0 Å². The molecule has 0 saturated heterocycles. The van der Waals surface area contributed by atoms with Gasteiger partial charge in [0, 0.05) is 19.0 Å². The van der Waals surface area contributed by atoms with E-state index in [1.807, 2.05) is 6.07 Å². The number of hydrogen-bond donors (Lipinski definition) is 1. The molecule has 0 aliphatic heterocycles. The fourth-order valence-corrected chi connectivity index (χ4v) is 4.63. The first-order valence-electron chi connectivity index (χ1n) is 5.54. The minimum atomic E-state index is -3.88. The Kier molecular flexibility index (Phi) is 3.84. The van der Waals surface area contributed by atoms with Crippen LogP contribution in [-0.4, -0.2) is 41.4 Å². The summed E-state index contributed by atoms with van der Waals surface area (Å²) in [5.74, 6) is -1.36. The van der Waals surface area contributed by atoms with Crippen molar-refractivity contribution in [2.45, 2.75) is 29.5 Å². The van der Waals surface area contributed by atoms with Crippen molar-refractivity contribution in [3.8, 4) is 6.07 Å². The average Bonchev–Trinajstić information content (AvgIpc) is 3.04. The van der Waals surface area contributed by atoms with Gasteiger partial charge in [-0.2, -0.15) is 9.57 Å². The number of aromatic nitrogens is 1. The third kappa shape index (κ3) is 2.75. The van der Waals surface area contributed by atoms with Gasteiger partial charge in [-0.15, -0.1) is 11.3 Å². The van der Waals surface area contributed by atoms with Gasteiger partial charge >= 0.3 is 5.97 Å². The van der Waals surface area contributed by atoms with E-state index in [9.17, 15) is 13.2 Å². The van der Waals surface area contributed by atoms with Gasteiger partial charge in [0.2, 0.25) is 0 Å². The number of sulfonamides is 1. The van der Waals surface area contributed by atoms with Crippen molar-refractivity contribution in [1.82, 2.24) is 9.29 Å². The highest BCUT2D eigenvalue weighted by Gasteiger charge is 2.40. The first kappa shape index (κ1) is 13.9. The third-order valence-electron chi connectivity index (χ3n) is 2.68. The Morgan fingerprint density at radius 3 is 2.84 bits per heavy atom. The van der Waals surface area contributed by atoms with E-state index in [0.29, 0.717) is 0 Å². The van der Waals surface area contributed by atoms with Gasteiger partial charge in [0.05, 0.1) is 11.6 Å². The molecule has 0 amide bonds. The van der Waals surface area contributed by atoms with Gasteiger partial charge in [-0.05, 0) is 12.8 Å². The highest BCUT2D eigenvalue weighted by Crippen LogP contribution is 2.34. The lowest BCUT2D eigenvalue weighted by Gasteiger charge is -2.19. The fourth-order valence-electron chi connectivity index (χ4n) is 1.69. The molecule has 102 valence electrons. The fraction of sp³-hybridized carbons (Fsp3) is 0.500. The summed E-state index contributed by atoms with van der Waals surface area (Å²) in [7, 11) is -3.88. The van der Waals surface area contributed by atoms with Crippen LogP contribution in [0.25, 0.3) is 0 Å². The van der Waals surface area contributed by atoms with Crippen LogP contribution in [0.2, 0.25) is 0 Å². The number of aromatic carboxylic acids is 1. The van der Waals surface area contributed by atoms with E-state index < -0.39 is 21.7 Å². The van der Waals surface area contributed by atoms with Gasteiger partial charge in [-0.3, -0.25) is 0 Å². The summed E-state index contributed by atoms with van der Waals surface area (Å²) in [5, 5.41) is 17.5. The molecule has 0 bridgehead atoms. The minimum Gasteiger partial charge on any atom is -0.476 e. The quantitative estimate of drug-likeness (QED) is 0.835. The van der Waals surface area contributed by atoms with E-state index in [2.05, 4.69) is 4.98 Å². The topological polar surface area (TPSA) is 111 Å². The maximum atomic E-state index is 12.4. The van der Waals surface area contributed by atoms with E-state index >= 15 is 0 Å². The molecule has 1 N–H and O–H groups in total. The first-order valence-corrected chi connectivity index (χ1v) is 7.86. The van der Waals surface area contributed by atoms with Crippen LogP contribution >= 0.6 is 11.3 Å². The normalized spacial score (nSPS) is 15.4. The Bertz CT molecular complexity index is 627. The van der Waals surface area contributed by atoms with Gasteiger partial charge in [-0.25, -0.2) is 18.2 Å². The molecule has 2 rings (SSSR count). The molecule has 9 heteroatoms. The molecule has 0 atom stereocenters. The smallest absolute Gasteiger partial charge is 0.356 e. The van der Waals surface area contributed by atoms with Crippen molar-refractivity contribution in [3.63, 3.8) is 0 Å². The highest BCUT2D eigenvalue weighted by atomic mass is 32.2. The third-order valence-corrected chi connectivity index (χ3v) is 5.98. The van der Waals surface area contributed by atoms with Gasteiger partial charge in [-0.1, -0.05) is 0 Å². The zero-order valence-electron chi connectivity index (χ0n) is 9.81. The monoisotopic (exact) mass is 301 g/mol. The number of thiazole rings is 1. The summed E-state index contributed by atoms with van der Waals surface area (Å²) >= 11 is 0.787. The minimum absolute atomic E-state index is 0.0803. The second kappa shape index (κ2) is 5.24. The van der Waals surface area contributed by atoms with Crippen molar-refractivity contribution in [1.29, 1.82) is 5.26 Å². The number of nitrogens with zero attached hydrogens (tertiary/aromatic N) is 3. The average molecular weight is 301 g/mol. The Labute approximate surface area is 114 Å². The van der Waals surface area contributed by atoms with Gasteiger partial charge in [0.1, 0.15) is 0 Å². The molecule has 1 aromatic rings. The summed E-state index contributed by atoms with van der Waals surface area (Å²) in [4.78, 5) is 14.5. The number of hydrogen-bond acceptors (Lipinski definition) is 6. The van der Waals surface area contributed by atoms with Crippen molar-refractivity contribution < 1.29 is 18.3 Å². The molecule has 7 nitrogen and oxygen atoms in total.